The van der Waals surface area contributed by atoms with Crippen LogP contribution >= 0.6 is 0 Å². The largest absolute Gasteiger partial charge is 0.309 e. The maximum absolute atomic E-state index is 11.6. The molecule has 0 aliphatic carbocycles. The first-order chi connectivity index (χ1) is 7.58. The Morgan fingerprint density at radius 1 is 1.25 bits per heavy atom. The van der Waals surface area contributed by atoms with Crippen LogP contribution in [0.15, 0.2) is 29.3 Å². The Balaban J connectivity index is 2.27. The molecule has 0 saturated heterocycles. The first-order valence-electron chi connectivity index (χ1n) is 5.53. The molecule has 1 aromatic rings. The van der Waals surface area contributed by atoms with Gasteiger partial charge < -0.3 is 5.32 Å². The van der Waals surface area contributed by atoms with Crippen molar-refractivity contribution in [3.8, 4) is 0 Å². The Morgan fingerprint density at radius 3 is 2.38 bits per heavy atom. The lowest BCUT2D eigenvalue weighted by atomic mass is 10.1. The van der Waals surface area contributed by atoms with E-state index >= 15 is 0 Å². The highest BCUT2D eigenvalue weighted by Crippen LogP contribution is 2.15. The highest BCUT2D eigenvalue weighted by molar-refractivity contribution is 6.13. The van der Waals surface area contributed by atoms with Crippen molar-refractivity contribution in [1.82, 2.24) is 5.32 Å². The molecule has 1 aliphatic heterocycles. The highest BCUT2D eigenvalue weighted by atomic mass is 16.2. The summed E-state index contributed by atoms with van der Waals surface area (Å²) in [4.78, 5) is 16.1. The zero-order chi connectivity index (χ0) is 11.7. The second-order valence-electron chi connectivity index (χ2n) is 4.52. The van der Waals surface area contributed by atoms with Gasteiger partial charge in [0, 0.05) is 5.56 Å². The van der Waals surface area contributed by atoms with Crippen LogP contribution in [0.4, 0.5) is 0 Å². The Bertz CT molecular complexity index is 432. The predicted molar refractivity (Wildman–Crippen MR) is 64.5 cm³/mol. The molecular formula is C13H16N2O. The van der Waals surface area contributed by atoms with E-state index in [1.165, 1.54) is 5.56 Å². The monoisotopic (exact) mass is 216 g/mol. The number of aryl methyl sites for hydroxylation is 1. The normalized spacial score (nSPS) is 19.9. The van der Waals surface area contributed by atoms with Gasteiger partial charge in [0.25, 0.3) is 5.91 Å². The van der Waals surface area contributed by atoms with Gasteiger partial charge in [0.1, 0.15) is 11.9 Å². The summed E-state index contributed by atoms with van der Waals surface area (Å²) in [5.41, 5.74) is 2.18. The van der Waals surface area contributed by atoms with Crippen LogP contribution in [0.2, 0.25) is 0 Å². The van der Waals surface area contributed by atoms with Gasteiger partial charge in [-0.1, -0.05) is 43.7 Å². The molecule has 1 unspecified atom stereocenters. The summed E-state index contributed by atoms with van der Waals surface area (Å²) in [5.74, 6) is 0.942. The quantitative estimate of drug-likeness (QED) is 0.806. The summed E-state index contributed by atoms with van der Waals surface area (Å²) in [7, 11) is 0. The number of aliphatic imine (C=N–C) groups is 1. The van der Waals surface area contributed by atoms with Gasteiger partial charge in [-0.3, -0.25) is 9.79 Å². The Kier molecular flexibility index (Phi) is 2.77. The van der Waals surface area contributed by atoms with Crippen molar-refractivity contribution in [3.63, 3.8) is 0 Å². The molecule has 1 aliphatic rings. The summed E-state index contributed by atoms with van der Waals surface area (Å²) < 4.78 is 0. The number of amides is 1. The third kappa shape index (κ3) is 1.98. The average Bonchev–Trinajstić information content (AvgIpc) is 2.61. The van der Waals surface area contributed by atoms with Crippen molar-refractivity contribution < 1.29 is 4.79 Å². The minimum Gasteiger partial charge on any atom is -0.309 e. The number of rotatable bonds is 2. The second kappa shape index (κ2) is 4.08. The molecule has 0 spiro atoms. The van der Waals surface area contributed by atoms with Gasteiger partial charge in [0.05, 0.1) is 0 Å². The predicted octanol–water partition coefficient (Wildman–Crippen LogP) is 1.90. The van der Waals surface area contributed by atoms with Gasteiger partial charge in [-0.2, -0.15) is 0 Å². The molecule has 0 bridgehead atoms. The molecule has 0 fully saturated rings. The number of hydrogen-bond donors (Lipinski definition) is 1. The van der Waals surface area contributed by atoms with Gasteiger partial charge >= 0.3 is 0 Å². The molecule has 84 valence electrons. The van der Waals surface area contributed by atoms with E-state index in [1.54, 1.807) is 0 Å². The molecular weight excluding hydrogens is 200 g/mol. The van der Waals surface area contributed by atoms with E-state index in [4.69, 9.17) is 0 Å². The molecule has 3 heteroatoms. The van der Waals surface area contributed by atoms with E-state index < -0.39 is 0 Å². The van der Waals surface area contributed by atoms with Gasteiger partial charge in [0.2, 0.25) is 0 Å². The van der Waals surface area contributed by atoms with Crippen molar-refractivity contribution in [2.24, 2.45) is 10.9 Å². The van der Waals surface area contributed by atoms with Crippen molar-refractivity contribution in [2.75, 3.05) is 0 Å². The van der Waals surface area contributed by atoms with Gasteiger partial charge in [-0.25, -0.2) is 0 Å². The first kappa shape index (κ1) is 10.9. The molecule has 0 aromatic heterocycles. The fraction of sp³-hybridized carbons (Fsp3) is 0.385. The molecule has 0 saturated carbocycles. The number of nitrogens with one attached hydrogen (secondary N) is 1. The molecule has 2 rings (SSSR count). The molecule has 1 atom stereocenters. The number of amidine groups is 1. The fourth-order valence-corrected chi connectivity index (χ4v) is 1.73. The SMILES string of the molecule is Cc1ccc(C2=NC(C(C)C)C(=O)N2)cc1. The topological polar surface area (TPSA) is 41.5 Å². The second-order valence-corrected chi connectivity index (χ2v) is 4.52. The standard InChI is InChI=1S/C13H16N2O/c1-8(2)11-13(16)15-12(14-11)10-6-4-9(3)5-7-10/h4-8,11H,1-3H3,(H,14,15,16). The van der Waals surface area contributed by atoms with Gasteiger partial charge in [-0.05, 0) is 12.8 Å². The lowest BCUT2D eigenvalue weighted by Crippen LogP contribution is -2.31. The lowest BCUT2D eigenvalue weighted by Gasteiger charge is -2.06. The Hall–Kier alpha value is -1.64. The van der Waals surface area contributed by atoms with Crippen molar-refractivity contribution in [3.05, 3.63) is 35.4 Å². The Labute approximate surface area is 95.6 Å². The molecule has 1 heterocycles. The van der Waals surface area contributed by atoms with Crippen LogP contribution in [0.5, 0.6) is 0 Å². The summed E-state index contributed by atoms with van der Waals surface area (Å²) >= 11 is 0. The van der Waals surface area contributed by atoms with Crippen molar-refractivity contribution in [2.45, 2.75) is 26.8 Å². The van der Waals surface area contributed by atoms with Gasteiger partial charge in [-0.15, -0.1) is 0 Å². The minimum atomic E-state index is -0.240. The van der Waals surface area contributed by atoms with Crippen LogP contribution in [0.1, 0.15) is 25.0 Å². The molecule has 16 heavy (non-hydrogen) atoms. The number of carbonyl (C=O) groups excluding carboxylic acids is 1. The van der Waals surface area contributed by atoms with E-state index in [1.807, 2.05) is 45.0 Å². The summed E-state index contributed by atoms with van der Waals surface area (Å²) in [6, 6.07) is 7.77. The zero-order valence-electron chi connectivity index (χ0n) is 9.82. The van der Waals surface area contributed by atoms with Crippen LogP contribution in [0, 0.1) is 12.8 Å². The molecule has 3 nitrogen and oxygen atoms in total. The maximum atomic E-state index is 11.6. The Morgan fingerprint density at radius 2 is 1.88 bits per heavy atom. The van der Waals surface area contributed by atoms with Crippen LogP contribution in [-0.4, -0.2) is 17.8 Å². The van der Waals surface area contributed by atoms with Crippen LogP contribution in [-0.2, 0) is 4.79 Å². The third-order valence-electron chi connectivity index (χ3n) is 2.73. The van der Waals surface area contributed by atoms with Gasteiger partial charge in [0.15, 0.2) is 0 Å². The third-order valence-corrected chi connectivity index (χ3v) is 2.73. The van der Waals surface area contributed by atoms with Crippen LogP contribution < -0.4 is 5.32 Å². The fourth-order valence-electron chi connectivity index (χ4n) is 1.73. The summed E-state index contributed by atoms with van der Waals surface area (Å²) in [6.07, 6.45) is 0. The van der Waals surface area contributed by atoms with E-state index in [2.05, 4.69) is 10.3 Å². The highest BCUT2D eigenvalue weighted by Gasteiger charge is 2.29. The van der Waals surface area contributed by atoms with Crippen molar-refractivity contribution in [1.29, 1.82) is 0 Å². The number of nitrogens with zero attached hydrogens (tertiary/aromatic N) is 1. The molecule has 1 N–H and O–H groups in total. The average molecular weight is 216 g/mol. The molecule has 1 amide bonds. The number of hydrogen-bond acceptors (Lipinski definition) is 2. The number of carbonyl (C=O) groups is 1. The van der Waals surface area contributed by atoms with Crippen LogP contribution in [0.3, 0.4) is 0 Å². The summed E-state index contributed by atoms with van der Waals surface area (Å²) in [6.45, 7) is 6.05. The van der Waals surface area contributed by atoms with Crippen LogP contribution in [0.25, 0.3) is 0 Å². The van der Waals surface area contributed by atoms with Crippen molar-refractivity contribution >= 4 is 11.7 Å². The lowest BCUT2D eigenvalue weighted by molar-refractivity contribution is -0.120. The smallest absolute Gasteiger partial charge is 0.250 e. The number of benzene rings is 1. The minimum absolute atomic E-state index is 0.00516. The maximum Gasteiger partial charge on any atom is 0.250 e. The zero-order valence-corrected chi connectivity index (χ0v) is 9.82. The van der Waals surface area contributed by atoms with E-state index in [0.29, 0.717) is 5.84 Å². The van der Waals surface area contributed by atoms with E-state index in [-0.39, 0.29) is 17.9 Å². The molecule has 0 radical (unpaired) electrons. The summed E-state index contributed by atoms with van der Waals surface area (Å²) in [5, 5.41) is 2.83. The first-order valence-corrected chi connectivity index (χ1v) is 5.53. The van der Waals surface area contributed by atoms with E-state index in [9.17, 15) is 4.79 Å². The molecule has 1 aromatic carbocycles. The van der Waals surface area contributed by atoms with E-state index in [0.717, 1.165) is 5.56 Å².